The number of pyridine rings is 1. The summed E-state index contributed by atoms with van der Waals surface area (Å²) in [5.74, 6) is -0.861. The number of nitrogens with two attached hydrogens (primary N) is 1. The molecule has 1 unspecified atom stereocenters. The van der Waals surface area contributed by atoms with Gasteiger partial charge < -0.3 is 10.6 Å². The van der Waals surface area contributed by atoms with Gasteiger partial charge in [-0.2, -0.15) is 0 Å². The maximum Gasteiger partial charge on any atom is 0.250 e. The van der Waals surface area contributed by atoms with Gasteiger partial charge in [-0.05, 0) is 18.6 Å². The quantitative estimate of drug-likeness (QED) is 0.767. The van der Waals surface area contributed by atoms with Crippen LogP contribution in [0.5, 0.6) is 0 Å². The van der Waals surface area contributed by atoms with E-state index in [0.717, 1.165) is 0 Å². The minimum atomic E-state index is -0.537. The van der Waals surface area contributed by atoms with Gasteiger partial charge in [0.2, 0.25) is 5.91 Å². The smallest absolute Gasteiger partial charge is 0.250 e. The van der Waals surface area contributed by atoms with Gasteiger partial charge in [0.25, 0.3) is 5.91 Å². The van der Waals surface area contributed by atoms with Crippen LogP contribution < -0.4 is 5.73 Å². The molecule has 2 heterocycles. The normalized spacial score (nSPS) is 20.2. The van der Waals surface area contributed by atoms with Crippen molar-refractivity contribution < 1.29 is 9.59 Å². The van der Waals surface area contributed by atoms with Crippen LogP contribution >= 0.6 is 0 Å². The van der Waals surface area contributed by atoms with Crippen molar-refractivity contribution in [2.75, 3.05) is 13.6 Å². The van der Waals surface area contributed by atoms with Gasteiger partial charge in [0.05, 0.1) is 17.2 Å². The first-order valence-electron chi connectivity index (χ1n) is 5.11. The molecule has 0 aromatic carbocycles. The number of likely N-dealkylation sites (tertiary alicyclic amines) is 1. The molecule has 0 aliphatic carbocycles. The summed E-state index contributed by atoms with van der Waals surface area (Å²) in [5.41, 5.74) is 6.11. The van der Waals surface area contributed by atoms with Crippen molar-refractivity contribution in [3.05, 3.63) is 29.6 Å². The summed E-state index contributed by atoms with van der Waals surface area (Å²) < 4.78 is 0. The summed E-state index contributed by atoms with van der Waals surface area (Å²) in [6.07, 6.45) is 2.26. The lowest BCUT2D eigenvalue weighted by molar-refractivity contribution is -0.127. The fourth-order valence-electron chi connectivity index (χ4n) is 1.98. The third-order valence-corrected chi connectivity index (χ3v) is 2.86. The maximum atomic E-state index is 11.8. The second-order valence-corrected chi connectivity index (χ2v) is 3.90. The van der Waals surface area contributed by atoms with Gasteiger partial charge >= 0.3 is 0 Å². The molecule has 1 atom stereocenters. The van der Waals surface area contributed by atoms with Crippen LogP contribution in [0.25, 0.3) is 0 Å². The summed E-state index contributed by atoms with van der Waals surface area (Å²) >= 11 is 0. The molecule has 1 aromatic rings. The Morgan fingerprint density at radius 1 is 1.62 bits per heavy atom. The fourth-order valence-corrected chi connectivity index (χ4v) is 1.98. The zero-order valence-corrected chi connectivity index (χ0v) is 9.01. The number of amides is 2. The second-order valence-electron chi connectivity index (χ2n) is 3.90. The average molecular weight is 219 g/mol. The van der Waals surface area contributed by atoms with E-state index in [1.807, 2.05) is 0 Å². The monoisotopic (exact) mass is 219 g/mol. The number of primary amides is 1. The topological polar surface area (TPSA) is 76.3 Å². The molecule has 1 aromatic heterocycles. The van der Waals surface area contributed by atoms with Crippen LogP contribution in [-0.4, -0.2) is 35.3 Å². The number of hydrogen-bond acceptors (Lipinski definition) is 3. The van der Waals surface area contributed by atoms with Crippen LogP contribution in [0.15, 0.2) is 18.3 Å². The minimum absolute atomic E-state index is 0.00111. The zero-order valence-electron chi connectivity index (χ0n) is 9.01. The molecule has 1 aliphatic heterocycles. The Bertz CT molecular complexity index is 445. The Kier molecular flexibility index (Phi) is 2.60. The molecule has 0 saturated carbocycles. The first kappa shape index (κ1) is 10.6. The van der Waals surface area contributed by atoms with E-state index < -0.39 is 5.91 Å². The average Bonchev–Trinajstić information content (AvgIpc) is 2.60. The minimum Gasteiger partial charge on any atom is -0.366 e. The van der Waals surface area contributed by atoms with Crippen molar-refractivity contribution in [1.82, 2.24) is 9.88 Å². The Balaban J connectivity index is 2.41. The summed E-state index contributed by atoms with van der Waals surface area (Å²) in [6, 6.07) is 3.25. The number of carbonyl (C=O) groups is 2. The van der Waals surface area contributed by atoms with Crippen molar-refractivity contribution in [2.45, 2.75) is 12.3 Å². The largest absolute Gasteiger partial charge is 0.366 e. The lowest BCUT2D eigenvalue weighted by Crippen LogP contribution is -2.24. The van der Waals surface area contributed by atoms with Crippen molar-refractivity contribution in [3.8, 4) is 0 Å². The SMILES string of the molecule is CN1CCC(c2ncccc2C(N)=O)C1=O. The van der Waals surface area contributed by atoms with E-state index in [9.17, 15) is 9.59 Å². The van der Waals surface area contributed by atoms with Crippen molar-refractivity contribution >= 4 is 11.8 Å². The number of likely N-dealkylation sites (N-methyl/N-ethyl adjacent to an activating group) is 1. The first-order chi connectivity index (χ1) is 7.61. The van der Waals surface area contributed by atoms with Gasteiger partial charge in [-0.1, -0.05) is 0 Å². The third kappa shape index (κ3) is 1.64. The molecule has 1 saturated heterocycles. The van der Waals surface area contributed by atoms with Crippen LogP contribution in [0, 0.1) is 0 Å². The Morgan fingerprint density at radius 3 is 2.94 bits per heavy atom. The fraction of sp³-hybridized carbons (Fsp3) is 0.364. The second kappa shape index (κ2) is 3.92. The Labute approximate surface area is 93.3 Å². The van der Waals surface area contributed by atoms with Crippen LogP contribution in [0.3, 0.4) is 0 Å². The van der Waals surface area contributed by atoms with Gasteiger partial charge in [-0.3, -0.25) is 14.6 Å². The highest BCUT2D eigenvalue weighted by molar-refractivity contribution is 5.96. The molecule has 2 amide bonds. The molecule has 0 radical (unpaired) electrons. The molecule has 16 heavy (non-hydrogen) atoms. The Morgan fingerprint density at radius 2 is 2.38 bits per heavy atom. The summed E-state index contributed by atoms with van der Waals surface area (Å²) in [5, 5.41) is 0. The van der Waals surface area contributed by atoms with Crippen LogP contribution in [0.1, 0.15) is 28.4 Å². The van der Waals surface area contributed by atoms with E-state index in [-0.39, 0.29) is 11.8 Å². The van der Waals surface area contributed by atoms with E-state index >= 15 is 0 Å². The maximum absolute atomic E-state index is 11.8. The number of hydrogen-bond donors (Lipinski definition) is 1. The van der Waals surface area contributed by atoms with Crippen LogP contribution in [0.4, 0.5) is 0 Å². The van der Waals surface area contributed by atoms with E-state index in [1.165, 1.54) is 0 Å². The summed E-state index contributed by atoms with van der Waals surface area (Å²) in [6.45, 7) is 0.693. The standard InChI is InChI=1S/C11H13N3O2/c1-14-6-4-8(11(14)16)9-7(10(12)15)3-2-5-13-9/h2-3,5,8H,4,6H2,1H3,(H2,12,15). The zero-order chi connectivity index (χ0) is 11.7. The van der Waals surface area contributed by atoms with E-state index in [1.54, 1.807) is 30.3 Å². The predicted molar refractivity (Wildman–Crippen MR) is 57.7 cm³/mol. The number of rotatable bonds is 2. The van der Waals surface area contributed by atoms with Crippen molar-refractivity contribution in [3.63, 3.8) is 0 Å². The van der Waals surface area contributed by atoms with Gasteiger partial charge in [-0.15, -0.1) is 0 Å². The van der Waals surface area contributed by atoms with Crippen molar-refractivity contribution in [1.29, 1.82) is 0 Å². The van der Waals surface area contributed by atoms with Crippen LogP contribution in [0.2, 0.25) is 0 Å². The molecule has 5 heteroatoms. The summed E-state index contributed by atoms with van der Waals surface area (Å²) in [7, 11) is 1.75. The molecule has 2 rings (SSSR count). The molecular formula is C11H13N3O2. The van der Waals surface area contributed by atoms with Gasteiger partial charge in [0, 0.05) is 19.8 Å². The molecule has 0 bridgehead atoms. The molecule has 0 spiro atoms. The molecule has 84 valence electrons. The molecular weight excluding hydrogens is 206 g/mol. The lowest BCUT2D eigenvalue weighted by atomic mass is 9.98. The van der Waals surface area contributed by atoms with Gasteiger partial charge in [0.1, 0.15) is 0 Å². The van der Waals surface area contributed by atoms with Gasteiger partial charge in [-0.25, -0.2) is 0 Å². The third-order valence-electron chi connectivity index (χ3n) is 2.86. The van der Waals surface area contributed by atoms with E-state index in [4.69, 9.17) is 5.73 Å². The summed E-state index contributed by atoms with van der Waals surface area (Å²) in [4.78, 5) is 28.8. The predicted octanol–water partition coefficient (Wildman–Crippen LogP) is 0.126. The van der Waals surface area contributed by atoms with E-state index in [2.05, 4.69) is 4.98 Å². The molecule has 1 aliphatic rings. The van der Waals surface area contributed by atoms with Crippen molar-refractivity contribution in [2.24, 2.45) is 5.73 Å². The molecule has 5 nitrogen and oxygen atoms in total. The highest BCUT2D eigenvalue weighted by Crippen LogP contribution is 2.28. The van der Waals surface area contributed by atoms with Crippen LogP contribution in [-0.2, 0) is 4.79 Å². The number of nitrogens with zero attached hydrogens (tertiary/aromatic N) is 2. The van der Waals surface area contributed by atoms with E-state index in [0.29, 0.717) is 24.2 Å². The highest BCUT2D eigenvalue weighted by atomic mass is 16.2. The van der Waals surface area contributed by atoms with Gasteiger partial charge in [0.15, 0.2) is 0 Å². The molecule has 2 N–H and O–H groups in total. The highest BCUT2D eigenvalue weighted by Gasteiger charge is 2.33. The Hall–Kier alpha value is -1.91. The molecule has 1 fully saturated rings. The number of carbonyl (C=O) groups excluding carboxylic acids is 2. The lowest BCUT2D eigenvalue weighted by Gasteiger charge is -2.11. The number of aromatic nitrogens is 1. The first-order valence-corrected chi connectivity index (χ1v) is 5.11.